The number of rotatable bonds is 1. The topological polar surface area (TPSA) is 52.8 Å². The van der Waals surface area contributed by atoms with Crippen LogP contribution in [0.2, 0.25) is 5.28 Å². The molecule has 0 aromatic carbocycles. The third kappa shape index (κ3) is 2.04. The fourth-order valence-electron chi connectivity index (χ4n) is 2.92. The molecule has 1 atom stereocenters. The first kappa shape index (κ1) is 11.7. The quantitative estimate of drug-likeness (QED) is 0.729. The first-order valence-corrected chi connectivity index (χ1v) is 6.85. The van der Waals surface area contributed by atoms with Gasteiger partial charge in [-0.3, -0.25) is 0 Å². The molecule has 4 nitrogen and oxygen atoms in total. The van der Waals surface area contributed by atoms with Crippen molar-refractivity contribution in [2.75, 3.05) is 18.0 Å². The maximum Gasteiger partial charge on any atom is 0.224 e. The summed E-state index contributed by atoms with van der Waals surface area (Å²) in [4.78, 5) is 10.9. The first-order valence-electron chi connectivity index (χ1n) is 6.48. The molecule has 0 unspecified atom stereocenters. The predicted octanol–water partition coefficient (Wildman–Crippen LogP) is 2.36. The molecule has 2 heterocycles. The molecular formula is C13H15ClN4. The molecule has 1 saturated heterocycles. The fourth-order valence-corrected chi connectivity index (χ4v) is 3.10. The highest BCUT2D eigenvalue weighted by atomic mass is 35.5. The largest absolute Gasteiger partial charge is 0.355 e. The molecule has 18 heavy (non-hydrogen) atoms. The molecule has 0 amide bonds. The number of fused-ring (bicyclic) bond motifs is 1. The summed E-state index contributed by atoms with van der Waals surface area (Å²) < 4.78 is 0. The average molecular weight is 263 g/mol. The Morgan fingerprint density at radius 3 is 3.00 bits per heavy atom. The van der Waals surface area contributed by atoms with Gasteiger partial charge in [-0.25, -0.2) is 9.97 Å². The second-order valence-electron chi connectivity index (χ2n) is 5.01. The second kappa shape index (κ2) is 4.74. The molecule has 0 spiro atoms. The monoisotopic (exact) mass is 262 g/mol. The van der Waals surface area contributed by atoms with E-state index >= 15 is 0 Å². The summed E-state index contributed by atoms with van der Waals surface area (Å²) in [5.41, 5.74) is 2.35. The van der Waals surface area contributed by atoms with E-state index in [1.54, 1.807) is 0 Å². The van der Waals surface area contributed by atoms with Crippen molar-refractivity contribution >= 4 is 17.4 Å². The Labute approximate surface area is 112 Å². The van der Waals surface area contributed by atoms with Gasteiger partial charge in [0.25, 0.3) is 0 Å². The number of halogens is 1. The minimum Gasteiger partial charge on any atom is -0.355 e. The highest BCUT2D eigenvalue weighted by molar-refractivity contribution is 6.28. The van der Waals surface area contributed by atoms with Gasteiger partial charge in [0.2, 0.25) is 5.28 Å². The Kier molecular flexibility index (Phi) is 3.09. The van der Waals surface area contributed by atoms with E-state index in [1.807, 2.05) is 0 Å². The van der Waals surface area contributed by atoms with E-state index < -0.39 is 0 Å². The van der Waals surface area contributed by atoms with Crippen LogP contribution in [0.25, 0.3) is 0 Å². The van der Waals surface area contributed by atoms with Gasteiger partial charge in [-0.1, -0.05) is 0 Å². The molecule has 1 aliphatic heterocycles. The summed E-state index contributed by atoms with van der Waals surface area (Å²) in [5.74, 6) is 1.09. The van der Waals surface area contributed by atoms with Crippen LogP contribution in [-0.4, -0.2) is 23.1 Å². The van der Waals surface area contributed by atoms with Crippen LogP contribution in [0.1, 0.15) is 30.5 Å². The Morgan fingerprint density at radius 1 is 1.28 bits per heavy atom. The average Bonchev–Trinajstić information content (AvgIpc) is 2.85. The molecule has 1 aromatic rings. The van der Waals surface area contributed by atoms with Crippen LogP contribution in [0.15, 0.2) is 0 Å². The van der Waals surface area contributed by atoms with Crippen LogP contribution in [0.5, 0.6) is 0 Å². The third-order valence-corrected chi connectivity index (χ3v) is 3.96. The fraction of sp³-hybridized carbons (Fsp3) is 0.615. The molecule has 3 rings (SSSR count). The number of hydrogen-bond donors (Lipinski definition) is 0. The number of nitriles is 1. The summed E-state index contributed by atoms with van der Waals surface area (Å²) in [6.07, 6.45) is 5.21. The molecule has 1 aromatic heterocycles. The molecule has 2 aliphatic rings. The van der Waals surface area contributed by atoms with Crippen LogP contribution < -0.4 is 4.90 Å². The van der Waals surface area contributed by atoms with Gasteiger partial charge in [-0.2, -0.15) is 5.26 Å². The molecule has 0 radical (unpaired) electrons. The van der Waals surface area contributed by atoms with Gasteiger partial charge in [-0.05, 0) is 43.7 Å². The van der Waals surface area contributed by atoms with E-state index in [0.717, 1.165) is 56.7 Å². The Morgan fingerprint density at radius 2 is 2.17 bits per heavy atom. The van der Waals surface area contributed by atoms with Gasteiger partial charge in [0.15, 0.2) is 0 Å². The number of piperidine rings is 1. The molecule has 94 valence electrons. The van der Waals surface area contributed by atoms with Gasteiger partial charge in [0, 0.05) is 18.7 Å². The molecule has 0 bridgehead atoms. The highest BCUT2D eigenvalue weighted by Gasteiger charge is 2.26. The van der Waals surface area contributed by atoms with Crippen molar-refractivity contribution in [3.8, 4) is 6.07 Å². The zero-order chi connectivity index (χ0) is 12.5. The van der Waals surface area contributed by atoms with E-state index in [1.165, 1.54) is 5.56 Å². The lowest BCUT2D eigenvalue weighted by Crippen LogP contribution is -2.36. The van der Waals surface area contributed by atoms with Gasteiger partial charge >= 0.3 is 0 Å². The summed E-state index contributed by atoms with van der Waals surface area (Å²) in [7, 11) is 0. The van der Waals surface area contributed by atoms with Crippen molar-refractivity contribution in [2.45, 2.75) is 32.1 Å². The SMILES string of the molecule is N#C[C@@H]1CCCN(c2nc(Cl)nc3c2CCC3)C1. The van der Waals surface area contributed by atoms with E-state index in [9.17, 15) is 0 Å². The Hall–Kier alpha value is -1.34. The summed E-state index contributed by atoms with van der Waals surface area (Å²) in [5, 5.41) is 9.41. The van der Waals surface area contributed by atoms with Gasteiger partial charge < -0.3 is 4.90 Å². The first-order chi connectivity index (χ1) is 8.78. The summed E-state index contributed by atoms with van der Waals surface area (Å²) in [6, 6.07) is 2.37. The number of nitrogens with zero attached hydrogens (tertiary/aromatic N) is 4. The van der Waals surface area contributed by atoms with Crippen molar-refractivity contribution in [1.82, 2.24) is 9.97 Å². The molecule has 5 heteroatoms. The van der Waals surface area contributed by atoms with Crippen molar-refractivity contribution < 1.29 is 0 Å². The van der Waals surface area contributed by atoms with E-state index in [0.29, 0.717) is 5.28 Å². The van der Waals surface area contributed by atoms with Crippen molar-refractivity contribution in [3.63, 3.8) is 0 Å². The smallest absolute Gasteiger partial charge is 0.224 e. The molecule has 0 saturated carbocycles. The van der Waals surface area contributed by atoms with E-state index in [2.05, 4.69) is 20.9 Å². The lowest BCUT2D eigenvalue weighted by Gasteiger charge is -2.31. The van der Waals surface area contributed by atoms with Crippen LogP contribution in [0.4, 0.5) is 5.82 Å². The minimum atomic E-state index is 0.115. The zero-order valence-corrected chi connectivity index (χ0v) is 10.9. The van der Waals surface area contributed by atoms with Gasteiger partial charge in [-0.15, -0.1) is 0 Å². The molecule has 0 N–H and O–H groups in total. The van der Waals surface area contributed by atoms with E-state index in [-0.39, 0.29) is 5.92 Å². The van der Waals surface area contributed by atoms with Crippen LogP contribution in [-0.2, 0) is 12.8 Å². The Bertz CT molecular complexity index is 508. The van der Waals surface area contributed by atoms with Crippen LogP contribution in [0.3, 0.4) is 0 Å². The zero-order valence-electron chi connectivity index (χ0n) is 10.2. The maximum absolute atomic E-state index is 9.07. The number of hydrogen-bond acceptors (Lipinski definition) is 4. The summed E-state index contributed by atoms with van der Waals surface area (Å²) >= 11 is 6.00. The minimum absolute atomic E-state index is 0.115. The van der Waals surface area contributed by atoms with Gasteiger partial charge in [0.1, 0.15) is 5.82 Å². The van der Waals surface area contributed by atoms with E-state index in [4.69, 9.17) is 16.9 Å². The van der Waals surface area contributed by atoms with Crippen LogP contribution >= 0.6 is 11.6 Å². The predicted molar refractivity (Wildman–Crippen MR) is 69.6 cm³/mol. The second-order valence-corrected chi connectivity index (χ2v) is 5.35. The summed E-state index contributed by atoms with van der Waals surface area (Å²) in [6.45, 7) is 1.74. The van der Waals surface area contributed by atoms with Crippen LogP contribution in [0, 0.1) is 17.2 Å². The number of anilines is 1. The molecular weight excluding hydrogens is 248 g/mol. The van der Waals surface area contributed by atoms with Crippen molar-refractivity contribution in [2.24, 2.45) is 5.92 Å². The standard InChI is InChI=1S/C13H15ClN4/c14-13-16-11-5-1-4-10(11)12(17-13)18-6-2-3-9(7-15)8-18/h9H,1-6,8H2/t9-/m0/s1. The van der Waals surface area contributed by atoms with Gasteiger partial charge in [0.05, 0.1) is 17.7 Å². The normalized spacial score (nSPS) is 22.7. The third-order valence-electron chi connectivity index (χ3n) is 3.79. The molecule has 1 fully saturated rings. The Balaban J connectivity index is 1.94. The van der Waals surface area contributed by atoms with Crippen molar-refractivity contribution in [1.29, 1.82) is 5.26 Å². The highest BCUT2D eigenvalue weighted by Crippen LogP contribution is 2.32. The number of aryl methyl sites for hydroxylation is 1. The lowest BCUT2D eigenvalue weighted by molar-refractivity contribution is 0.489. The van der Waals surface area contributed by atoms with Crippen molar-refractivity contribution in [3.05, 3.63) is 16.5 Å². The maximum atomic E-state index is 9.07. The number of aromatic nitrogens is 2. The molecule has 1 aliphatic carbocycles. The lowest BCUT2D eigenvalue weighted by atomic mass is 9.99.